The third-order valence-corrected chi connectivity index (χ3v) is 1.49. The van der Waals surface area contributed by atoms with Crippen LogP contribution in [-0.2, 0) is 0 Å². The molecule has 0 amide bonds. The summed E-state index contributed by atoms with van der Waals surface area (Å²) >= 11 is 0. The van der Waals surface area contributed by atoms with E-state index in [-0.39, 0.29) is 5.75 Å². The smallest absolute Gasteiger partial charge is 0.160 e. The van der Waals surface area contributed by atoms with Crippen molar-refractivity contribution in [1.82, 2.24) is 9.97 Å². The van der Waals surface area contributed by atoms with Crippen molar-refractivity contribution in [2.24, 2.45) is 0 Å². The Morgan fingerprint density at radius 3 is 2.33 bits per heavy atom. The summed E-state index contributed by atoms with van der Waals surface area (Å²) < 4.78 is 0. The van der Waals surface area contributed by atoms with E-state index < -0.39 is 0 Å². The van der Waals surface area contributed by atoms with Crippen LogP contribution in [0.3, 0.4) is 0 Å². The number of rotatable bonds is 0. The van der Waals surface area contributed by atoms with Gasteiger partial charge in [0.1, 0.15) is 5.52 Å². The van der Waals surface area contributed by atoms with Crippen LogP contribution in [0.2, 0.25) is 0 Å². The third-order valence-electron chi connectivity index (χ3n) is 1.49. The first-order valence-electron chi connectivity index (χ1n) is 5.25. The van der Waals surface area contributed by atoms with Crippen molar-refractivity contribution in [2.75, 3.05) is 0 Å². The molecule has 0 aliphatic carbocycles. The zero-order valence-electron chi connectivity index (χ0n) is 9.73. The van der Waals surface area contributed by atoms with Crippen LogP contribution >= 0.6 is 0 Å². The van der Waals surface area contributed by atoms with Gasteiger partial charge in [-0.25, -0.2) is 0 Å². The van der Waals surface area contributed by atoms with Crippen LogP contribution in [0.4, 0.5) is 0 Å². The Morgan fingerprint density at radius 1 is 1.07 bits per heavy atom. The van der Waals surface area contributed by atoms with Crippen LogP contribution in [0.1, 0.15) is 27.7 Å². The molecule has 82 valence electrons. The SMILES string of the molecule is CC.CC.Oc1cncc2cccnc12. The van der Waals surface area contributed by atoms with Gasteiger partial charge in [0.25, 0.3) is 0 Å². The van der Waals surface area contributed by atoms with Gasteiger partial charge in [0.05, 0.1) is 6.20 Å². The van der Waals surface area contributed by atoms with Crippen LogP contribution < -0.4 is 0 Å². The molecule has 2 rings (SSSR count). The lowest BCUT2D eigenvalue weighted by atomic mass is 10.3. The van der Waals surface area contributed by atoms with E-state index >= 15 is 0 Å². The Hall–Kier alpha value is -1.64. The van der Waals surface area contributed by atoms with E-state index in [0.717, 1.165) is 5.39 Å². The van der Waals surface area contributed by atoms with E-state index in [1.165, 1.54) is 6.20 Å². The maximum atomic E-state index is 9.25. The molecule has 1 N–H and O–H groups in total. The number of hydrogen-bond acceptors (Lipinski definition) is 3. The fourth-order valence-corrected chi connectivity index (χ4v) is 0.985. The molecular weight excluding hydrogens is 188 g/mol. The number of fused-ring (bicyclic) bond motifs is 1. The van der Waals surface area contributed by atoms with Crippen LogP contribution in [0.5, 0.6) is 5.75 Å². The van der Waals surface area contributed by atoms with Crippen LogP contribution in [0.15, 0.2) is 30.7 Å². The predicted octanol–water partition coefficient (Wildman–Crippen LogP) is 3.39. The van der Waals surface area contributed by atoms with Gasteiger partial charge in [0.2, 0.25) is 0 Å². The highest BCUT2D eigenvalue weighted by Gasteiger charge is 1.97. The Bertz CT molecular complexity index is 383. The Balaban J connectivity index is 0.000000442. The molecule has 2 heterocycles. The number of aromatic hydroxyl groups is 1. The van der Waals surface area contributed by atoms with Gasteiger partial charge in [-0.3, -0.25) is 9.97 Å². The van der Waals surface area contributed by atoms with Crippen molar-refractivity contribution in [3.63, 3.8) is 0 Å². The summed E-state index contributed by atoms with van der Waals surface area (Å²) in [5.41, 5.74) is 0.600. The van der Waals surface area contributed by atoms with E-state index in [4.69, 9.17) is 0 Å². The standard InChI is InChI=1S/C8H6N2O.2C2H6/c11-7-5-9-4-6-2-1-3-10-8(6)7;2*1-2/h1-5,11H;2*1-2H3. The number of nitrogens with zero attached hydrogens (tertiary/aromatic N) is 2. The molecule has 0 radical (unpaired) electrons. The van der Waals surface area contributed by atoms with Crippen molar-refractivity contribution in [3.05, 3.63) is 30.7 Å². The predicted molar refractivity (Wildman–Crippen MR) is 63.9 cm³/mol. The molecule has 0 saturated heterocycles. The lowest BCUT2D eigenvalue weighted by Gasteiger charge is -1.95. The molecule has 0 bridgehead atoms. The minimum absolute atomic E-state index is 0.128. The lowest BCUT2D eigenvalue weighted by molar-refractivity contribution is 0.478. The zero-order chi connectivity index (χ0) is 11.7. The van der Waals surface area contributed by atoms with Crippen LogP contribution in [-0.4, -0.2) is 15.1 Å². The third kappa shape index (κ3) is 3.54. The number of hydrogen-bond donors (Lipinski definition) is 1. The molecule has 0 aliphatic rings. The first-order chi connectivity index (χ1) is 7.38. The van der Waals surface area contributed by atoms with Gasteiger partial charge in [0, 0.05) is 17.8 Å². The largest absolute Gasteiger partial charge is 0.504 e. The molecule has 0 fully saturated rings. The second kappa shape index (κ2) is 7.74. The van der Waals surface area contributed by atoms with Gasteiger partial charge < -0.3 is 5.11 Å². The number of aromatic nitrogens is 2. The van der Waals surface area contributed by atoms with E-state index in [1.54, 1.807) is 12.4 Å². The summed E-state index contributed by atoms with van der Waals surface area (Å²) in [6.07, 6.45) is 4.69. The molecule has 0 atom stereocenters. The molecule has 2 aromatic heterocycles. The van der Waals surface area contributed by atoms with Crippen molar-refractivity contribution in [1.29, 1.82) is 0 Å². The highest BCUT2D eigenvalue weighted by atomic mass is 16.3. The highest BCUT2D eigenvalue weighted by molar-refractivity contribution is 5.82. The summed E-state index contributed by atoms with van der Waals surface area (Å²) in [4.78, 5) is 7.81. The second-order valence-corrected chi connectivity index (χ2v) is 2.23. The summed E-state index contributed by atoms with van der Waals surface area (Å²) in [5.74, 6) is 0.128. The van der Waals surface area contributed by atoms with Crippen molar-refractivity contribution in [3.8, 4) is 5.75 Å². The number of pyridine rings is 2. The summed E-state index contributed by atoms with van der Waals surface area (Å²) in [6, 6.07) is 3.67. The molecule has 3 heteroatoms. The average Bonchev–Trinajstić information content (AvgIpc) is 2.35. The molecule has 0 saturated carbocycles. The summed E-state index contributed by atoms with van der Waals surface area (Å²) in [6.45, 7) is 8.00. The van der Waals surface area contributed by atoms with Gasteiger partial charge in [-0.05, 0) is 12.1 Å². The topological polar surface area (TPSA) is 46.0 Å². The highest BCUT2D eigenvalue weighted by Crippen LogP contribution is 2.18. The second-order valence-electron chi connectivity index (χ2n) is 2.23. The summed E-state index contributed by atoms with van der Waals surface area (Å²) in [5, 5.41) is 10.1. The Morgan fingerprint density at radius 2 is 1.73 bits per heavy atom. The van der Waals surface area contributed by atoms with Gasteiger partial charge in [-0.15, -0.1) is 0 Å². The lowest BCUT2D eigenvalue weighted by Crippen LogP contribution is -1.79. The van der Waals surface area contributed by atoms with Gasteiger partial charge >= 0.3 is 0 Å². The van der Waals surface area contributed by atoms with E-state index in [0.29, 0.717) is 5.52 Å². The monoisotopic (exact) mass is 206 g/mol. The molecule has 0 unspecified atom stereocenters. The van der Waals surface area contributed by atoms with Crippen molar-refractivity contribution < 1.29 is 5.11 Å². The average molecular weight is 206 g/mol. The summed E-state index contributed by atoms with van der Waals surface area (Å²) in [7, 11) is 0. The molecule has 15 heavy (non-hydrogen) atoms. The normalized spacial score (nSPS) is 8.27. The van der Waals surface area contributed by atoms with Crippen molar-refractivity contribution >= 4 is 10.9 Å². The maximum Gasteiger partial charge on any atom is 0.160 e. The fourth-order valence-electron chi connectivity index (χ4n) is 0.985. The fraction of sp³-hybridized carbons (Fsp3) is 0.333. The first-order valence-corrected chi connectivity index (χ1v) is 5.25. The first kappa shape index (κ1) is 13.4. The maximum absolute atomic E-state index is 9.25. The van der Waals surface area contributed by atoms with Gasteiger partial charge in [0.15, 0.2) is 5.75 Å². The van der Waals surface area contributed by atoms with Gasteiger partial charge in [-0.2, -0.15) is 0 Å². The zero-order valence-corrected chi connectivity index (χ0v) is 9.73. The van der Waals surface area contributed by atoms with E-state index in [2.05, 4.69) is 9.97 Å². The molecule has 0 spiro atoms. The van der Waals surface area contributed by atoms with E-state index in [9.17, 15) is 5.11 Å². The molecule has 3 nitrogen and oxygen atoms in total. The molecule has 0 aromatic carbocycles. The van der Waals surface area contributed by atoms with Crippen molar-refractivity contribution in [2.45, 2.75) is 27.7 Å². The molecule has 0 aliphatic heterocycles. The van der Waals surface area contributed by atoms with E-state index in [1.807, 2.05) is 39.8 Å². The Labute approximate surface area is 90.8 Å². The quantitative estimate of drug-likeness (QED) is 0.718. The van der Waals surface area contributed by atoms with Gasteiger partial charge in [-0.1, -0.05) is 27.7 Å². The Kier molecular flexibility index (Phi) is 6.89. The minimum Gasteiger partial charge on any atom is -0.504 e. The van der Waals surface area contributed by atoms with Crippen LogP contribution in [0.25, 0.3) is 10.9 Å². The molecule has 2 aromatic rings. The minimum atomic E-state index is 0.128. The molecular formula is C12H18N2O. The van der Waals surface area contributed by atoms with Crippen LogP contribution in [0, 0.1) is 0 Å².